The highest BCUT2D eigenvalue weighted by atomic mass is 32.1. The highest BCUT2D eigenvalue weighted by molar-refractivity contribution is 7.12. The van der Waals surface area contributed by atoms with Gasteiger partial charge >= 0.3 is 0 Å². The first-order valence-corrected chi connectivity index (χ1v) is 8.21. The van der Waals surface area contributed by atoms with Gasteiger partial charge in [-0.1, -0.05) is 0 Å². The number of rotatable bonds is 3. The van der Waals surface area contributed by atoms with Crippen molar-refractivity contribution in [2.75, 3.05) is 13.1 Å². The summed E-state index contributed by atoms with van der Waals surface area (Å²) in [6.45, 7) is 3.43. The summed E-state index contributed by atoms with van der Waals surface area (Å²) in [6.07, 6.45) is 1.07. The molecule has 2 heterocycles. The van der Waals surface area contributed by atoms with E-state index in [0.29, 0.717) is 22.3 Å². The molecule has 0 bridgehead atoms. The molecular formula is C15H20N2O3S. The maximum Gasteiger partial charge on any atom is 0.252 e. The lowest BCUT2D eigenvalue weighted by atomic mass is 9.77. The normalized spacial score (nSPS) is 31.7. The Bertz CT molecular complexity index is 557. The molecule has 1 aliphatic heterocycles. The highest BCUT2D eigenvalue weighted by Gasteiger charge is 2.39. The van der Waals surface area contributed by atoms with Crippen molar-refractivity contribution in [3.8, 4) is 0 Å². The van der Waals surface area contributed by atoms with Crippen LogP contribution in [0.1, 0.15) is 39.8 Å². The number of amides is 1. The van der Waals surface area contributed by atoms with Crippen molar-refractivity contribution < 1.29 is 14.7 Å². The van der Waals surface area contributed by atoms with E-state index in [-0.39, 0.29) is 17.7 Å². The van der Waals surface area contributed by atoms with E-state index in [0.717, 1.165) is 25.9 Å². The van der Waals surface area contributed by atoms with Crippen molar-refractivity contribution in [2.45, 2.75) is 31.9 Å². The number of fused-ring (bicyclic) bond motifs is 1. The summed E-state index contributed by atoms with van der Waals surface area (Å²) in [4.78, 5) is 24.1. The Morgan fingerprint density at radius 3 is 2.71 bits per heavy atom. The Hall–Kier alpha value is -1.24. The molecule has 5 nitrogen and oxygen atoms in total. The van der Waals surface area contributed by atoms with Crippen molar-refractivity contribution in [1.82, 2.24) is 10.6 Å². The molecule has 1 saturated carbocycles. The Balaban J connectivity index is 1.64. The van der Waals surface area contributed by atoms with Gasteiger partial charge in [0.15, 0.2) is 5.78 Å². The fraction of sp³-hybridized carbons (Fsp3) is 0.600. The molecule has 0 spiro atoms. The first-order valence-electron chi connectivity index (χ1n) is 7.33. The number of aliphatic hydroxyl groups is 1. The van der Waals surface area contributed by atoms with Gasteiger partial charge in [0.2, 0.25) is 0 Å². The lowest BCUT2D eigenvalue weighted by Crippen LogP contribution is -2.49. The number of aliphatic hydroxyl groups excluding tert-OH is 1. The zero-order valence-corrected chi connectivity index (χ0v) is 12.8. The van der Waals surface area contributed by atoms with Gasteiger partial charge in [0.05, 0.1) is 22.6 Å². The number of carbonyl (C=O) groups excluding carboxylic acids is 2. The largest absolute Gasteiger partial charge is 0.391 e. The molecule has 6 heteroatoms. The SMILES string of the molecule is CC(=O)c1cc(C(=O)N[C@H]2C[C@H]3CNC[C@H]3C[C@@H]2O)cs1. The molecule has 2 aliphatic rings. The van der Waals surface area contributed by atoms with E-state index < -0.39 is 6.10 Å². The summed E-state index contributed by atoms with van der Waals surface area (Å²) in [5, 5.41) is 18.2. The van der Waals surface area contributed by atoms with E-state index in [2.05, 4.69) is 10.6 Å². The summed E-state index contributed by atoms with van der Waals surface area (Å²) in [7, 11) is 0. The molecule has 21 heavy (non-hydrogen) atoms. The fourth-order valence-electron chi connectivity index (χ4n) is 3.34. The Labute approximate surface area is 127 Å². The standard InChI is InChI=1S/C15H20N2O3S/c1-8(18)14-4-11(7-21-14)15(20)17-12-2-9-5-16-6-10(9)3-13(12)19/h4,7,9-10,12-13,16,19H,2-3,5-6H2,1H3,(H,17,20)/t9-,10+,12-,13-/m0/s1. The van der Waals surface area contributed by atoms with E-state index in [1.807, 2.05) is 0 Å². The topological polar surface area (TPSA) is 78.4 Å². The molecule has 0 unspecified atom stereocenters. The molecule has 4 atom stereocenters. The summed E-state index contributed by atoms with van der Waals surface area (Å²) in [5.41, 5.74) is 0.504. The van der Waals surface area contributed by atoms with Crippen LogP contribution in [0.2, 0.25) is 0 Å². The molecule has 3 N–H and O–H groups in total. The van der Waals surface area contributed by atoms with Gasteiger partial charge in [0, 0.05) is 5.38 Å². The van der Waals surface area contributed by atoms with E-state index in [9.17, 15) is 14.7 Å². The van der Waals surface area contributed by atoms with Gasteiger partial charge in [-0.3, -0.25) is 9.59 Å². The second-order valence-electron chi connectivity index (χ2n) is 6.05. The molecule has 0 aromatic carbocycles. The molecule has 1 aliphatic carbocycles. The number of Topliss-reactive ketones (excluding diaryl/α,β-unsaturated/α-hetero) is 1. The number of hydrogen-bond acceptors (Lipinski definition) is 5. The third-order valence-corrected chi connectivity index (χ3v) is 5.60. The van der Waals surface area contributed by atoms with Crippen LogP contribution in [0.25, 0.3) is 0 Å². The van der Waals surface area contributed by atoms with Crippen LogP contribution >= 0.6 is 11.3 Å². The minimum Gasteiger partial charge on any atom is -0.391 e. The third kappa shape index (κ3) is 3.02. The number of ketones is 1. The Morgan fingerprint density at radius 1 is 1.33 bits per heavy atom. The van der Waals surface area contributed by atoms with Crippen molar-refractivity contribution in [1.29, 1.82) is 0 Å². The lowest BCUT2D eigenvalue weighted by molar-refractivity contribution is 0.0462. The zero-order valence-electron chi connectivity index (χ0n) is 12.0. The van der Waals surface area contributed by atoms with Crippen molar-refractivity contribution in [3.63, 3.8) is 0 Å². The summed E-state index contributed by atoms with van der Waals surface area (Å²) in [5.74, 6) is 0.830. The van der Waals surface area contributed by atoms with Gasteiger partial charge in [0.25, 0.3) is 5.91 Å². The minimum atomic E-state index is -0.485. The summed E-state index contributed by atoms with van der Waals surface area (Å²) >= 11 is 1.28. The predicted molar refractivity (Wildman–Crippen MR) is 80.7 cm³/mol. The third-order valence-electron chi connectivity index (χ3n) is 4.57. The van der Waals surface area contributed by atoms with Gasteiger partial charge in [-0.2, -0.15) is 0 Å². The first-order chi connectivity index (χ1) is 10.0. The minimum absolute atomic E-state index is 0.0309. The molecule has 0 radical (unpaired) electrons. The molecule has 114 valence electrons. The maximum absolute atomic E-state index is 12.2. The molecular weight excluding hydrogens is 288 g/mol. The molecule has 1 aromatic heterocycles. The van der Waals surface area contributed by atoms with Crippen LogP contribution in [0.5, 0.6) is 0 Å². The van der Waals surface area contributed by atoms with Crippen LogP contribution in [-0.4, -0.2) is 42.0 Å². The average molecular weight is 308 g/mol. The van der Waals surface area contributed by atoms with Gasteiger partial charge in [0.1, 0.15) is 0 Å². The van der Waals surface area contributed by atoms with Crippen molar-refractivity contribution in [2.24, 2.45) is 11.8 Å². The average Bonchev–Trinajstić information content (AvgIpc) is 3.07. The van der Waals surface area contributed by atoms with Gasteiger partial charge in [-0.25, -0.2) is 0 Å². The van der Waals surface area contributed by atoms with Gasteiger partial charge < -0.3 is 15.7 Å². The second kappa shape index (κ2) is 5.87. The fourth-order valence-corrected chi connectivity index (χ4v) is 4.13. The lowest BCUT2D eigenvalue weighted by Gasteiger charge is -2.35. The van der Waals surface area contributed by atoms with Crippen LogP contribution in [0.3, 0.4) is 0 Å². The van der Waals surface area contributed by atoms with E-state index in [1.54, 1.807) is 11.4 Å². The second-order valence-corrected chi connectivity index (χ2v) is 6.96. The Morgan fingerprint density at radius 2 is 2.05 bits per heavy atom. The van der Waals surface area contributed by atoms with E-state index >= 15 is 0 Å². The smallest absolute Gasteiger partial charge is 0.252 e. The van der Waals surface area contributed by atoms with Crippen molar-refractivity contribution >= 4 is 23.0 Å². The molecule has 2 fully saturated rings. The summed E-state index contributed by atoms with van der Waals surface area (Å²) < 4.78 is 0. The van der Waals surface area contributed by atoms with Crippen LogP contribution < -0.4 is 10.6 Å². The molecule has 1 saturated heterocycles. The first kappa shape index (κ1) is 14.7. The van der Waals surface area contributed by atoms with Gasteiger partial charge in [-0.05, 0) is 50.8 Å². The Kier molecular flexibility index (Phi) is 4.10. The van der Waals surface area contributed by atoms with Crippen LogP contribution in [-0.2, 0) is 0 Å². The van der Waals surface area contributed by atoms with Crippen LogP contribution in [0.15, 0.2) is 11.4 Å². The molecule has 1 aromatic rings. The number of nitrogens with one attached hydrogen (secondary N) is 2. The maximum atomic E-state index is 12.2. The number of thiophene rings is 1. The quantitative estimate of drug-likeness (QED) is 0.729. The van der Waals surface area contributed by atoms with Crippen LogP contribution in [0.4, 0.5) is 0 Å². The monoisotopic (exact) mass is 308 g/mol. The number of carbonyl (C=O) groups is 2. The summed E-state index contributed by atoms with van der Waals surface area (Å²) in [6, 6.07) is 1.43. The van der Waals surface area contributed by atoms with Gasteiger partial charge in [-0.15, -0.1) is 11.3 Å². The van der Waals surface area contributed by atoms with Crippen molar-refractivity contribution in [3.05, 3.63) is 21.9 Å². The molecule has 1 amide bonds. The van der Waals surface area contributed by atoms with Crippen LogP contribution in [0, 0.1) is 11.8 Å². The van der Waals surface area contributed by atoms with E-state index in [4.69, 9.17) is 0 Å². The highest BCUT2D eigenvalue weighted by Crippen LogP contribution is 2.33. The zero-order chi connectivity index (χ0) is 15.0. The predicted octanol–water partition coefficient (Wildman–Crippen LogP) is 1.04. The number of hydrogen-bond donors (Lipinski definition) is 3. The van der Waals surface area contributed by atoms with E-state index in [1.165, 1.54) is 18.3 Å². The molecule has 3 rings (SSSR count).